The van der Waals surface area contributed by atoms with Crippen LogP contribution in [0.1, 0.15) is 10.4 Å². The number of hydrogen-bond acceptors (Lipinski definition) is 2. The molecule has 2 rings (SSSR count). The molecule has 86 valence electrons. The number of hydrogen-bond donors (Lipinski definition) is 2. The number of guanidine groups is 1. The van der Waals surface area contributed by atoms with Gasteiger partial charge in [0.1, 0.15) is 0 Å². The molecule has 1 heterocycles. The van der Waals surface area contributed by atoms with Gasteiger partial charge in [-0.3, -0.25) is 4.79 Å². The number of benzene rings is 1. The number of amides is 1. The van der Waals surface area contributed by atoms with Crippen molar-refractivity contribution in [2.75, 3.05) is 0 Å². The van der Waals surface area contributed by atoms with Gasteiger partial charge in [-0.15, -0.1) is 0 Å². The molecule has 0 atom stereocenters. The molecule has 0 aliphatic rings. The normalized spacial score (nSPS) is 9.88. The first-order valence-corrected chi connectivity index (χ1v) is 4.93. The minimum absolute atomic E-state index is 0.247. The SMILES string of the molecule is NC(N)=NC(=O)c1cccc(-c2ccoc2)c1. The number of nitrogens with zero attached hydrogens (tertiary/aromatic N) is 1. The topological polar surface area (TPSA) is 94.6 Å². The zero-order valence-electron chi connectivity index (χ0n) is 8.96. The van der Waals surface area contributed by atoms with Crippen molar-refractivity contribution in [1.29, 1.82) is 0 Å². The zero-order chi connectivity index (χ0) is 12.3. The molecular formula is C12H11N3O2. The van der Waals surface area contributed by atoms with Crippen molar-refractivity contribution in [3.63, 3.8) is 0 Å². The largest absolute Gasteiger partial charge is 0.472 e. The standard InChI is InChI=1S/C12H11N3O2/c13-12(14)15-11(16)9-3-1-2-8(6-9)10-4-5-17-7-10/h1-7H,(H4,13,14,15,16). The average molecular weight is 229 g/mol. The highest BCUT2D eigenvalue weighted by Crippen LogP contribution is 2.20. The predicted molar refractivity (Wildman–Crippen MR) is 64.3 cm³/mol. The fourth-order valence-electron chi connectivity index (χ4n) is 1.44. The Balaban J connectivity index is 2.36. The molecule has 1 aromatic heterocycles. The van der Waals surface area contributed by atoms with Gasteiger partial charge in [-0.05, 0) is 23.8 Å². The van der Waals surface area contributed by atoms with Gasteiger partial charge in [0.15, 0.2) is 5.96 Å². The maximum Gasteiger partial charge on any atom is 0.280 e. The highest BCUT2D eigenvalue weighted by atomic mass is 16.3. The van der Waals surface area contributed by atoms with Gasteiger partial charge in [-0.1, -0.05) is 12.1 Å². The number of aliphatic imine (C=N–C) groups is 1. The molecule has 0 spiro atoms. The molecule has 4 N–H and O–H groups in total. The molecule has 0 saturated carbocycles. The zero-order valence-corrected chi connectivity index (χ0v) is 8.96. The molecule has 5 nitrogen and oxygen atoms in total. The van der Waals surface area contributed by atoms with Crippen molar-refractivity contribution in [2.24, 2.45) is 16.5 Å². The third kappa shape index (κ3) is 2.52. The monoisotopic (exact) mass is 229 g/mol. The Bertz CT molecular complexity index is 555. The summed E-state index contributed by atoms with van der Waals surface area (Å²) in [5.41, 5.74) is 12.5. The minimum Gasteiger partial charge on any atom is -0.472 e. The van der Waals surface area contributed by atoms with Crippen LogP contribution in [0, 0.1) is 0 Å². The first kappa shape index (κ1) is 10.9. The quantitative estimate of drug-likeness (QED) is 0.600. The van der Waals surface area contributed by atoms with Crippen molar-refractivity contribution >= 4 is 11.9 Å². The van der Waals surface area contributed by atoms with Crippen LogP contribution in [-0.4, -0.2) is 11.9 Å². The summed E-state index contributed by atoms with van der Waals surface area (Å²) in [6.45, 7) is 0. The van der Waals surface area contributed by atoms with Gasteiger partial charge in [-0.25, -0.2) is 0 Å². The molecule has 0 bridgehead atoms. The van der Waals surface area contributed by atoms with Crippen LogP contribution < -0.4 is 11.5 Å². The van der Waals surface area contributed by atoms with Crippen molar-refractivity contribution in [1.82, 2.24) is 0 Å². The molecule has 17 heavy (non-hydrogen) atoms. The lowest BCUT2D eigenvalue weighted by Gasteiger charge is -2.00. The summed E-state index contributed by atoms with van der Waals surface area (Å²) < 4.78 is 4.98. The molecular weight excluding hydrogens is 218 g/mol. The Morgan fingerprint density at radius 1 is 1.18 bits per heavy atom. The predicted octanol–water partition coefficient (Wildman–Crippen LogP) is 1.36. The lowest BCUT2D eigenvalue weighted by molar-refractivity contribution is 0.100. The van der Waals surface area contributed by atoms with Crippen LogP contribution >= 0.6 is 0 Å². The van der Waals surface area contributed by atoms with Crippen molar-refractivity contribution in [2.45, 2.75) is 0 Å². The van der Waals surface area contributed by atoms with Gasteiger partial charge in [-0.2, -0.15) is 4.99 Å². The number of carbonyl (C=O) groups is 1. The highest BCUT2D eigenvalue weighted by molar-refractivity contribution is 6.02. The van der Waals surface area contributed by atoms with E-state index in [0.717, 1.165) is 11.1 Å². The summed E-state index contributed by atoms with van der Waals surface area (Å²) in [6.07, 6.45) is 3.17. The van der Waals surface area contributed by atoms with Crippen LogP contribution in [0.2, 0.25) is 0 Å². The number of rotatable bonds is 2. The summed E-state index contributed by atoms with van der Waals surface area (Å²) in [5.74, 6) is -0.709. The van der Waals surface area contributed by atoms with Gasteiger partial charge in [0.25, 0.3) is 5.91 Å². The van der Waals surface area contributed by atoms with Gasteiger partial charge >= 0.3 is 0 Å². The summed E-state index contributed by atoms with van der Waals surface area (Å²) in [7, 11) is 0. The third-order valence-corrected chi connectivity index (χ3v) is 2.19. The smallest absolute Gasteiger partial charge is 0.280 e. The average Bonchev–Trinajstić information content (AvgIpc) is 2.82. The van der Waals surface area contributed by atoms with E-state index in [1.807, 2.05) is 12.1 Å². The summed E-state index contributed by atoms with van der Waals surface area (Å²) in [4.78, 5) is 15.1. The Kier molecular flexibility index (Phi) is 2.91. The molecule has 0 aliphatic heterocycles. The molecule has 5 heteroatoms. The van der Waals surface area contributed by atoms with E-state index in [2.05, 4.69) is 4.99 Å². The number of furan rings is 1. The van der Waals surface area contributed by atoms with E-state index in [1.54, 1.807) is 30.7 Å². The lowest BCUT2D eigenvalue weighted by Crippen LogP contribution is -2.24. The van der Waals surface area contributed by atoms with Gasteiger partial charge < -0.3 is 15.9 Å². The van der Waals surface area contributed by atoms with E-state index in [9.17, 15) is 4.79 Å². The van der Waals surface area contributed by atoms with E-state index in [0.29, 0.717) is 5.56 Å². The van der Waals surface area contributed by atoms with Gasteiger partial charge in [0.2, 0.25) is 0 Å². The highest BCUT2D eigenvalue weighted by Gasteiger charge is 2.06. The van der Waals surface area contributed by atoms with Crippen LogP contribution in [0.15, 0.2) is 52.3 Å². The number of carbonyl (C=O) groups excluding carboxylic acids is 1. The maximum atomic E-state index is 11.6. The summed E-state index contributed by atoms with van der Waals surface area (Å²) >= 11 is 0. The van der Waals surface area contributed by atoms with E-state index in [1.165, 1.54) is 0 Å². The second kappa shape index (κ2) is 4.52. The first-order valence-electron chi connectivity index (χ1n) is 4.93. The molecule has 1 aromatic carbocycles. The fourth-order valence-corrected chi connectivity index (χ4v) is 1.44. The van der Waals surface area contributed by atoms with Crippen LogP contribution in [0.4, 0.5) is 0 Å². The van der Waals surface area contributed by atoms with Crippen molar-refractivity contribution < 1.29 is 9.21 Å². The summed E-state index contributed by atoms with van der Waals surface area (Å²) in [5, 5.41) is 0. The Morgan fingerprint density at radius 3 is 2.65 bits per heavy atom. The summed E-state index contributed by atoms with van der Waals surface area (Å²) in [6, 6.07) is 8.80. The van der Waals surface area contributed by atoms with Crippen LogP contribution in [-0.2, 0) is 0 Å². The second-order valence-corrected chi connectivity index (χ2v) is 3.43. The Hall–Kier alpha value is -2.56. The van der Waals surface area contributed by atoms with Crippen LogP contribution in [0.5, 0.6) is 0 Å². The minimum atomic E-state index is -0.463. The molecule has 0 saturated heterocycles. The molecule has 0 fully saturated rings. The van der Waals surface area contributed by atoms with Gasteiger partial charge in [0.05, 0.1) is 12.5 Å². The Labute approximate surface area is 97.7 Å². The van der Waals surface area contributed by atoms with E-state index in [4.69, 9.17) is 15.9 Å². The molecule has 2 aromatic rings. The van der Waals surface area contributed by atoms with E-state index in [-0.39, 0.29) is 5.96 Å². The molecule has 0 aliphatic carbocycles. The van der Waals surface area contributed by atoms with Crippen LogP contribution in [0.3, 0.4) is 0 Å². The first-order chi connectivity index (χ1) is 8.16. The second-order valence-electron chi connectivity index (χ2n) is 3.43. The van der Waals surface area contributed by atoms with Crippen molar-refractivity contribution in [3.05, 3.63) is 48.4 Å². The van der Waals surface area contributed by atoms with E-state index < -0.39 is 5.91 Å². The molecule has 1 amide bonds. The Morgan fingerprint density at radius 2 is 2.00 bits per heavy atom. The van der Waals surface area contributed by atoms with E-state index >= 15 is 0 Å². The molecule has 0 unspecified atom stereocenters. The third-order valence-electron chi connectivity index (χ3n) is 2.19. The molecule has 0 radical (unpaired) electrons. The number of nitrogens with two attached hydrogens (primary N) is 2. The fraction of sp³-hybridized carbons (Fsp3) is 0. The van der Waals surface area contributed by atoms with Crippen LogP contribution in [0.25, 0.3) is 11.1 Å². The van der Waals surface area contributed by atoms with Crippen molar-refractivity contribution in [3.8, 4) is 11.1 Å². The van der Waals surface area contributed by atoms with Gasteiger partial charge in [0, 0.05) is 11.1 Å². The maximum absolute atomic E-state index is 11.6. The lowest BCUT2D eigenvalue weighted by atomic mass is 10.1.